The minimum absolute atomic E-state index is 0.0852. The lowest BCUT2D eigenvalue weighted by atomic mass is 9.93. The first-order chi connectivity index (χ1) is 6.16. The summed E-state index contributed by atoms with van der Waals surface area (Å²) in [5, 5.41) is 0. The fourth-order valence-electron chi connectivity index (χ4n) is 1.62. The Hall–Kier alpha value is -1.18. The van der Waals surface area contributed by atoms with Gasteiger partial charge in [-0.15, -0.1) is 0 Å². The fourth-order valence-corrected chi connectivity index (χ4v) is 1.62. The standard InChI is InChI=1S/C11H14O2/c1-3-4-5-6-9-8(2)10(12)7-11(9)13/h3-5,8-9H,1,6-7H2,2H3. The van der Waals surface area contributed by atoms with Crippen molar-refractivity contribution in [1.29, 1.82) is 0 Å². The average Bonchev–Trinajstić information content (AvgIpc) is 2.32. The first-order valence-corrected chi connectivity index (χ1v) is 4.49. The molecule has 0 bridgehead atoms. The van der Waals surface area contributed by atoms with Crippen LogP contribution < -0.4 is 0 Å². The molecular weight excluding hydrogens is 164 g/mol. The van der Waals surface area contributed by atoms with Crippen molar-refractivity contribution in [3.8, 4) is 0 Å². The zero-order valence-electron chi connectivity index (χ0n) is 7.82. The SMILES string of the molecule is C=CC=CCC1C(=O)CC(=O)C1C. The molecule has 0 saturated heterocycles. The lowest BCUT2D eigenvalue weighted by molar-refractivity contribution is -0.122. The minimum atomic E-state index is -0.0954. The second kappa shape index (κ2) is 4.17. The van der Waals surface area contributed by atoms with Crippen LogP contribution in [0.5, 0.6) is 0 Å². The molecule has 0 aromatic heterocycles. The highest BCUT2D eigenvalue weighted by Crippen LogP contribution is 2.28. The molecule has 2 atom stereocenters. The smallest absolute Gasteiger partial charge is 0.144 e. The fraction of sp³-hybridized carbons (Fsp3) is 0.455. The number of carbonyl (C=O) groups is 2. The van der Waals surface area contributed by atoms with Gasteiger partial charge in [0.25, 0.3) is 0 Å². The molecule has 0 radical (unpaired) electrons. The van der Waals surface area contributed by atoms with Crippen molar-refractivity contribution < 1.29 is 9.59 Å². The largest absolute Gasteiger partial charge is 0.299 e. The molecule has 0 aromatic carbocycles. The first kappa shape index (κ1) is 9.90. The number of allylic oxidation sites excluding steroid dienone is 3. The van der Waals surface area contributed by atoms with Crippen molar-refractivity contribution >= 4 is 11.6 Å². The van der Waals surface area contributed by atoms with Crippen LogP contribution in [-0.4, -0.2) is 11.6 Å². The number of carbonyl (C=O) groups excluding carboxylic acids is 2. The van der Waals surface area contributed by atoms with E-state index in [0.717, 1.165) is 0 Å². The van der Waals surface area contributed by atoms with Crippen LogP contribution >= 0.6 is 0 Å². The molecule has 1 fully saturated rings. The Kier molecular flexibility index (Phi) is 3.18. The predicted molar refractivity (Wildman–Crippen MR) is 51.2 cm³/mol. The summed E-state index contributed by atoms with van der Waals surface area (Å²) in [5.74, 6) is -0.0149. The molecule has 0 aliphatic heterocycles. The molecule has 70 valence electrons. The molecule has 2 heteroatoms. The molecule has 1 aliphatic carbocycles. The Labute approximate surface area is 78.3 Å². The van der Waals surface area contributed by atoms with E-state index in [1.165, 1.54) is 0 Å². The summed E-state index contributed by atoms with van der Waals surface area (Å²) in [6.07, 6.45) is 6.17. The van der Waals surface area contributed by atoms with Crippen molar-refractivity contribution in [2.75, 3.05) is 0 Å². The van der Waals surface area contributed by atoms with Crippen molar-refractivity contribution in [1.82, 2.24) is 0 Å². The molecule has 2 nitrogen and oxygen atoms in total. The molecule has 0 amide bonds. The van der Waals surface area contributed by atoms with E-state index in [9.17, 15) is 9.59 Å². The van der Waals surface area contributed by atoms with Crippen LogP contribution in [0, 0.1) is 11.8 Å². The van der Waals surface area contributed by atoms with Crippen molar-refractivity contribution in [2.24, 2.45) is 11.8 Å². The van der Waals surface area contributed by atoms with Crippen LogP contribution in [0.15, 0.2) is 24.8 Å². The molecule has 2 unspecified atom stereocenters. The molecule has 0 heterocycles. The Morgan fingerprint density at radius 3 is 2.62 bits per heavy atom. The summed E-state index contributed by atoms with van der Waals surface area (Å²) in [7, 11) is 0. The van der Waals surface area contributed by atoms with Crippen molar-refractivity contribution in [2.45, 2.75) is 19.8 Å². The van der Waals surface area contributed by atoms with Crippen LogP contribution in [0.1, 0.15) is 19.8 Å². The number of rotatable bonds is 3. The van der Waals surface area contributed by atoms with Crippen LogP contribution in [0.2, 0.25) is 0 Å². The number of hydrogen-bond donors (Lipinski definition) is 0. The Balaban J connectivity index is 2.58. The highest BCUT2D eigenvalue weighted by molar-refractivity contribution is 6.08. The van der Waals surface area contributed by atoms with Gasteiger partial charge in [-0.25, -0.2) is 0 Å². The van der Waals surface area contributed by atoms with Gasteiger partial charge in [0.15, 0.2) is 0 Å². The molecule has 13 heavy (non-hydrogen) atoms. The van der Waals surface area contributed by atoms with Gasteiger partial charge in [-0.2, -0.15) is 0 Å². The molecule has 0 N–H and O–H groups in total. The minimum Gasteiger partial charge on any atom is -0.299 e. The van der Waals surface area contributed by atoms with Crippen LogP contribution in [0.3, 0.4) is 0 Å². The van der Waals surface area contributed by atoms with E-state index in [1.807, 2.05) is 19.1 Å². The van der Waals surface area contributed by atoms with Gasteiger partial charge in [-0.1, -0.05) is 31.7 Å². The number of hydrogen-bond acceptors (Lipinski definition) is 2. The zero-order chi connectivity index (χ0) is 9.84. The molecule has 0 spiro atoms. The van der Waals surface area contributed by atoms with E-state index >= 15 is 0 Å². The van der Waals surface area contributed by atoms with Gasteiger partial charge in [-0.3, -0.25) is 9.59 Å². The van der Waals surface area contributed by atoms with Crippen LogP contribution in [-0.2, 0) is 9.59 Å². The maximum atomic E-state index is 11.3. The normalized spacial score (nSPS) is 28.7. The first-order valence-electron chi connectivity index (χ1n) is 4.49. The quantitative estimate of drug-likeness (QED) is 0.488. The Morgan fingerprint density at radius 1 is 1.46 bits per heavy atom. The highest BCUT2D eigenvalue weighted by atomic mass is 16.2. The number of Topliss-reactive ketones (excluding diaryl/α,β-unsaturated/α-hetero) is 2. The third-order valence-corrected chi connectivity index (χ3v) is 2.54. The third-order valence-electron chi connectivity index (χ3n) is 2.54. The molecule has 1 aliphatic rings. The molecule has 0 aromatic rings. The van der Waals surface area contributed by atoms with Gasteiger partial charge in [0.2, 0.25) is 0 Å². The average molecular weight is 178 g/mol. The summed E-state index contributed by atoms with van der Waals surface area (Å²) >= 11 is 0. The van der Waals surface area contributed by atoms with E-state index in [1.54, 1.807) is 6.08 Å². The maximum Gasteiger partial charge on any atom is 0.144 e. The second-order valence-corrected chi connectivity index (χ2v) is 3.40. The van der Waals surface area contributed by atoms with E-state index in [2.05, 4.69) is 6.58 Å². The number of ketones is 2. The van der Waals surface area contributed by atoms with E-state index in [0.29, 0.717) is 6.42 Å². The summed E-state index contributed by atoms with van der Waals surface area (Å²) in [5.41, 5.74) is 0. The predicted octanol–water partition coefficient (Wildman–Crippen LogP) is 1.91. The second-order valence-electron chi connectivity index (χ2n) is 3.40. The van der Waals surface area contributed by atoms with Crippen LogP contribution in [0.4, 0.5) is 0 Å². The van der Waals surface area contributed by atoms with Gasteiger partial charge < -0.3 is 0 Å². The van der Waals surface area contributed by atoms with Crippen LogP contribution in [0.25, 0.3) is 0 Å². The summed E-state index contributed by atoms with van der Waals surface area (Å²) in [6, 6.07) is 0. The van der Waals surface area contributed by atoms with Gasteiger partial charge in [-0.05, 0) is 6.42 Å². The summed E-state index contributed by atoms with van der Waals surface area (Å²) in [4.78, 5) is 22.5. The van der Waals surface area contributed by atoms with Crippen molar-refractivity contribution in [3.63, 3.8) is 0 Å². The Morgan fingerprint density at radius 2 is 2.15 bits per heavy atom. The molecular formula is C11H14O2. The van der Waals surface area contributed by atoms with E-state index in [-0.39, 0.29) is 29.8 Å². The van der Waals surface area contributed by atoms with E-state index < -0.39 is 0 Å². The zero-order valence-corrected chi connectivity index (χ0v) is 7.82. The Bertz CT molecular complexity index is 263. The molecule has 1 saturated carbocycles. The monoisotopic (exact) mass is 178 g/mol. The molecule has 1 rings (SSSR count). The lowest BCUT2D eigenvalue weighted by Gasteiger charge is -2.08. The van der Waals surface area contributed by atoms with Gasteiger partial charge >= 0.3 is 0 Å². The van der Waals surface area contributed by atoms with Gasteiger partial charge in [0, 0.05) is 11.8 Å². The lowest BCUT2D eigenvalue weighted by Crippen LogP contribution is -2.13. The van der Waals surface area contributed by atoms with E-state index in [4.69, 9.17) is 0 Å². The summed E-state index contributed by atoms with van der Waals surface area (Å²) < 4.78 is 0. The highest BCUT2D eigenvalue weighted by Gasteiger charge is 2.37. The summed E-state index contributed by atoms with van der Waals surface area (Å²) in [6.45, 7) is 5.37. The van der Waals surface area contributed by atoms with Gasteiger partial charge in [0.1, 0.15) is 11.6 Å². The van der Waals surface area contributed by atoms with Gasteiger partial charge in [0.05, 0.1) is 6.42 Å². The topological polar surface area (TPSA) is 34.1 Å². The maximum absolute atomic E-state index is 11.3. The van der Waals surface area contributed by atoms with Crippen molar-refractivity contribution in [3.05, 3.63) is 24.8 Å². The third kappa shape index (κ3) is 2.14.